The average molecular weight is 232 g/mol. The standard InChI is InChI=1S/C11H12N4O2/c12-9-1-2-10(16)7(3-9)4-13-11(17)8-5-14-15-6-8/h1-3,5-6,16H,4,12H2,(H,13,17)(H,14,15). The first kappa shape index (κ1) is 11.0. The smallest absolute Gasteiger partial charge is 0.254 e. The zero-order chi connectivity index (χ0) is 12.3. The summed E-state index contributed by atoms with van der Waals surface area (Å²) in [6.07, 6.45) is 2.92. The molecule has 0 aliphatic rings. The van der Waals surface area contributed by atoms with Crippen molar-refractivity contribution in [3.05, 3.63) is 41.7 Å². The third-order valence-electron chi connectivity index (χ3n) is 2.30. The summed E-state index contributed by atoms with van der Waals surface area (Å²) in [5.74, 6) is -0.160. The molecule has 5 N–H and O–H groups in total. The van der Waals surface area contributed by atoms with E-state index >= 15 is 0 Å². The number of hydrogen-bond acceptors (Lipinski definition) is 4. The van der Waals surface area contributed by atoms with Gasteiger partial charge in [0.2, 0.25) is 0 Å². The largest absolute Gasteiger partial charge is 0.508 e. The molecule has 1 heterocycles. The van der Waals surface area contributed by atoms with E-state index in [0.717, 1.165) is 0 Å². The molecule has 88 valence electrons. The fraction of sp³-hybridized carbons (Fsp3) is 0.0909. The molecule has 0 fully saturated rings. The van der Waals surface area contributed by atoms with Crippen LogP contribution in [0.15, 0.2) is 30.6 Å². The number of H-pyrrole nitrogens is 1. The maximum atomic E-state index is 11.6. The number of phenols is 1. The minimum atomic E-state index is -0.263. The van der Waals surface area contributed by atoms with Crippen molar-refractivity contribution >= 4 is 11.6 Å². The highest BCUT2D eigenvalue weighted by Crippen LogP contribution is 2.19. The molecular weight excluding hydrogens is 220 g/mol. The highest BCUT2D eigenvalue weighted by molar-refractivity contribution is 5.93. The van der Waals surface area contributed by atoms with Gasteiger partial charge in [0, 0.05) is 24.0 Å². The van der Waals surface area contributed by atoms with Crippen LogP contribution in [0, 0.1) is 0 Å². The fourth-order valence-electron chi connectivity index (χ4n) is 1.40. The van der Waals surface area contributed by atoms with Gasteiger partial charge in [-0.25, -0.2) is 0 Å². The number of anilines is 1. The van der Waals surface area contributed by atoms with E-state index in [0.29, 0.717) is 16.8 Å². The molecule has 0 aliphatic heterocycles. The molecule has 17 heavy (non-hydrogen) atoms. The van der Waals surface area contributed by atoms with Gasteiger partial charge in [-0.15, -0.1) is 0 Å². The molecule has 2 rings (SSSR count). The summed E-state index contributed by atoms with van der Waals surface area (Å²) in [6, 6.07) is 4.70. The summed E-state index contributed by atoms with van der Waals surface area (Å²) >= 11 is 0. The van der Waals surface area contributed by atoms with Crippen LogP contribution in [0.5, 0.6) is 5.75 Å². The molecule has 0 atom stereocenters. The number of carbonyl (C=O) groups is 1. The molecule has 0 spiro atoms. The van der Waals surface area contributed by atoms with Gasteiger partial charge in [-0.05, 0) is 18.2 Å². The van der Waals surface area contributed by atoms with Gasteiger partial charge in [-0.3, -0.25) is 9.89 Å². The fourth-order valence-corrected chi connectivity index (χ4v) is 1.40. The number of aromatic hydroxyl groups is 1. The molecule has 0 radical (unpaired) electrons. The van der Waals surface area contributed by atoms with Crippen molar-refractivity contribution in [1.82, 2.24) is 15.5 Å². The lowest BCUT2D eigenvalue weighted by molar-refractivity contribution is 0.0951. The van der Waals surface area contributed by atoms with Crippen LogP contribution in [-0.4, -0.2) is 21.2 Å². The van der Waals surface area contributed by atoms with E-state index in [9.17, 15) is 9.90 Å². The molecule has 0 unspecified atom stereocenters. The SMILES string of the molecule is Nc1ccc(O)c(CNC(=O)c2cn[nH]c2)c1. The molecule has 6 heteroatoms. The van der Waals surface area contributed by atoms with E-state index in [2.05, 4.69) is 15.5 Å². The van der Waals surface area contributed by atoms with Gasteiger partial charge < -0.3 is 16.2 Å². The summed E-state index contributed by atoms with van der Waals surface area (Å²) in [6.45, 7) is 0.209. The molecule has 1 aromatic heterocycles. The Kier molecular flexibility index (Phi) is 2.95. The van der Waals surface area contributed by atoms with E-state index in [4.69, 9.17) is 5.73 Å². The van der Waals surface area contributed by atoms with Crippen LogP contribution in [-0.2, 0) is 6.54 Å². The Morgan fingerprint density at radius 3 is 3.06 bits per heavy atom. The Balaban J connectivity index is 2.03. The van der Waals surface area contributed by atoms with Crippen molar-refractivity contribution < 1.29 is 9.90 Å². The Morgan fingerprint density at radius 2 is 2.35 bits per heavy atom. The first-order chi connectivity index (χ1) is 8.16. The molecule has 0 saturated carbocycles. The van der Waals surface area contributed by atoms with Crippen LogP contribution >= 0.6 is 0 Å². The number of phenolic OH excluding ortho intramolecular Hbond substituents is 1. The molecule has 2 aromatic rings. The number of rotatable bonds is 3. The number of nitrogens with one attached hydrogen (secondary N) is 2. The highest BCUT2D eigenvalue weighted by atomic mass is 16.3. The van der Waals surface area contributed by atoms with Crippen molar-refractivity contribution in [3.63, 3.8) is 0 Å². The van der Waals surface area contributed by atoms with Crippen LogP contribution in [0.25, 0.3) is 0 Å². The van der Waals surface area contributed by atoms with Crippen molar-refractivity contribution in [1.29, 1.82) is 0 Å². The van der Waals surface area contributed by atoms with Crippen LogP contribution in [0.4, 0.5) is 5.69 Å². The van der Waals surface area contributed by atoms with Crippen molar-refractivity contribution in [2.75, 3.05) is 5.73 Å². The average Bonchev–Trinajstić information content (AvgIpc) is 2.83. The Morgan fingerprint density at radius 1 is 1.53 bits per heavy atom. The minimum Gasteiger partial charge on any atom is -0.508 e. The molecule has 6 nitrogen and oxygen atoms in total. The zero-order valence-electron chi connectivity index (χ0n) is 8.97. The third kappa shape index (κ3) is 2.54. The number of amides is 1. The number of aromatic nitrogens is 2. The predicted molar refractivity (Wildman–Crippen MR) is 62.3 cm³/mol. The predicted octanol–water partition coefficient (Wildman–Crippen LogP) is 0.627. The molecule has 0 bridgehead atoms. The molecule has 0 aliphatic carbocycles. The Labute approximate surface area is 97.5 Å². The van der Waals surface area contributed by atoms with Crippen molar-refractivity contribution in [3.8, 4) is 5.75 Å². The first-order valence-electron chi connectivity index (χ1n) is 5.01. The van der Waals surface area contributed by atoms with Gasteiger partial charge in [-0.1, -0.05) is 0 Å². The minimum absolute atomic E-state index is 0.103. The first-order valence-corrected chi connectivity index (χ1v) is 5.01. The number of nitrogen functional groups attached to an aromatic ring is 1. The van der Waals surface area contributed by atoms with E-state index in [-0.39, 0.29) is 18.2 Å². The van der Waals surface area contributed by atoms with Crippen molar-refractivity contribution in [2.24, 2.45) is 0 Å². The number of aromatic amines is 1. The van der Waals surface area contributed by atoms with Crippen LogP contribution in [0.2, 0.25) is 0 Å². The van der Waals surface area contributed by atoms with Gasteiger partial charge in [-0.2, -0.15) is 5.10 Å². The quantitative estimate of drug-likeness (QED) is 0.460. The van der Waals surface area contributed by atoms with Gasteiger partial charge >= 0.3 is 0 Å². The second-order valence-electron chi connectivity index (χ2n) is 3.56. The van der Waals surface area contributed by atoms with Crippen LogP contribution in [0.1, 0.15) is 15.9 Å². The second-order valence-corrected chi connectivity index (χ2v) is 3.56. The number of nitrogens with two attached hydrogens (primary N) is 1. The van der Waals surface area contributed by atoms with Gasteiger partial charge in [0.15, 0.2) is 0 Å². The van der Waals surface area contributed by atoms with E-state index in [1.165, 1.54) is 18.5 Å². The van der Waals surface area contributed by atoms with E-state index in [1.807, 2.05) is 0 Å². The zero-order valence-corrected chi connectivity index (χ0v) is 8.97. The third-order valence-corrected chi connectivity index (χ3v) is 2.30. The maximum absolute atomic E-state index is 11.6. The van der Waals surface area contributed by atoms with Gasteiger partial charge in [0.25, 0.3) is 5.91 Å². The van der Waals surface area contributed by atoms with Gasteiger partial charge in [0.05, 0.1) is 11.8 Å². The number of hydrogen-bond donors (Lipinski definition) is 4. The van der Waals surface area contributed by atoms with E-state index in [1.54, 1.807) is 12.1 Å². The van der Waals surface area contributed by atoms with Crippen LogP contribution < -0.4 is 11.1 Å². The Hall–Kier alpha value is -2.50. The topological polar surface area (TPSA) is 104 Å². The molecule has 1 aromatic carbocycles. The lowest BCUT2D eigenvalue weighted by Gasteiger charge is -2.06. The summed E-state index contributed by atoms with van der Waals surface area (Å²) < 4.78 is 0. The lowest BCUT2D eigenvalue weighted by Crippen LogP contribution is -2.22. The maximum Gasteiger partial charge on any atom is 0.254 e. The summed E-state index contributed by atoms with van der Waals surface area (Å²) in [7, 11) is 0. The number of nitrogens with zero attached hydrogens (tertiary/aromatic N) is 1. The van der Waals surface area contributed by atoms with Crippen molar-refractivity contribution in [2.45, 2.75) is 6.54 Å². The molecule has 0 saturated heterocycles. The monoisotopic (exact) mass is 232 g/mol. The number of carbonyl (C=O) groups excluding carboxylic acids is 1. The van der Waals surface area contributed by atoms with Gasteiger partial charge in [0.1, 0.15) is 5.75 Å². The summed E-state index contributed by atoms with van der Waals surface area (Å²) in [5.41, 5.74) is 7.14. The lowest BCUT2D eigenvalue weighted by atomic mass is 10.1. The van der Waals surface area contributed by atoms with Crippen LogP contribution in [0.3, 0.4) is 0 Å². The second kappa shape index (κ2) is 4.56. The molecular formula is C11H12N4O2. The normalized spacial score (nSPS) is 10.1. The Bertz CT molecular complexity index is 522. The van der Waals surface area contributed by atoms with E-state index < -0.39 is 0 Å². The number of benzene rings is 1. The summed E-state index contributed by atoms with van der Waals surface area (Å²) in [4.78, 5) is 11.6. The highest BCUT2D eigenvalue weighted by Gasteiger charge is 2.07. The molecule has 1 amide bonds. The summed E-state index contributed by atoms with van der Waals surface area (Å²) in [5, 5.41) is 18.4.